The van der Waals surface area contributed by atoms with Crippen LogP contribution < -0.4 is 10.2 Å². The molecule has 0 bridgehead atoms. The normalized spacial score (nSPS) is 23.7. The van der Waals surface area contributed by atoms with Gasteiger partial charge in [-0.1, -0.05) is 25.1 Å². The van der Waals surface area contributed by atoms with Crippen LogP contribution in [0.1, 0.15) is 18.9 Å². The maximum Gasteiger partial charge on any atom is 0.0594 e. The van der Waals surface area contributed by atoms with Gasteiger partial charge in [-0.3, -0.25) is 4.90 Å². The Balaban J connectivity index is 1.65. The van der Waals surface area contributed by atoms with E-state index in [1.54, 1.807) is 0 Å². The molecule has 2 aliphatic heterocycles. The number of hydrogen-bond donors (Lipinski definition) is 1. The molecule has 0 saturated carbocycles. The predicted octanol–water partition coefficient (Wildman–Crippen LogP) is 1.71. The van der Waals surface area contributed by atoms with Crippen molar-refractivity contribution in [3.63, 3.8) is 0 Å². The summed E-state index contributed by atoms with van der Waals surface area (Å²) < 4.78 is 5.47. The Morgan fingerprint density at radius 1 is 1.19 bits per heavy atom. The molecule has 116 valence electrons. The van der Waals surface area contributed by atoms with Gasteiger partial charge in [0.05, 0.1) is 13.2 Å². The van der Waals surface area contributed by atoms with Crippen LogP contribution in [0.25, 0.3) is 0 Å². The third-order valence-electron chi connectivity index (χ3n) is 4.62. The molecule has 2 heterocycles. The van der Waals surface area contributed by atoms with Gasteiger partial charge in [0.1, 0.15) is 0 Å². The molecule has 2 saturated heterocycles. The second kappa shape index (κ2) is 7.25. The summed E-state index contributed by atoms with van der Waals surface area (Å²) in [6.07, 6.45) is 1.27. The van der Waals surface area contributed by atoms with Gasteiger partial charge in [-0.2, -0.15) is 0 Å². The van der Waals surface area contributed by atoms with Crippen molar-refractivity contribution in [3.8, 4) is 0 Å². The van der Waals surface area contributed by atoms with Gasteiger partial charge >= 0.3 is 0 Å². The molecular weight excluding hydrogens is 262 g/mol. The van der Waals surface area contributed by atoms with Gasteiger partial charge in [0.15, 0.2) is 0 Å². The summed E-state index contributed by atoms with van der Waals surface area (Å²) in [5.74, 6) is 0. The lowest BCUT2D eigenvalue weighted by Gasteiger charge is -2.32. The van der Waals surface area contributed by atoms with Gasteiger partial charge < -0.3 is 15.0 Å². The highest BCUT2D eigenvalue weighted by atomic mass is 16.5. The van der Waals surface area contributed by atoms with Crippen LogP contribution in [-0.4, -0.2) is 56.9 Å². The topological polar surface area (TPSA) is 27.7 Å². The van der Waals surface area contributed by atoms with Crippen molar-refractivity contribution in [2.45, 2.75) is 25.9 Å². The minimum absolute atomic E-state index is 0.695. The zero-order valence-corrected chi connectivity index (χ0v) is 13.1. The summed E-state index contributed by atoms with van der Waals surface area (Å²) in [7, 11) is 0. The summed E-state index contributed by atoms with van der Waals surface area (Å²) >= 11 is 0. The van der Waals surface area contributed by atoms with E-state index in [9.17, 15) is 0 Å². The number of ether oxygens (including phenoxy) is 1. The largest absolute Gasteiger partial charge is 0.379 e. The molecule has 1 aromatic rings. The molecule has 3 rings (SSSR count). The number of hydrogen-bond acceptors (Lipinski definition) is 4. The molecule has 0 radical (unpaired) electrons. The van der Waals surface area contributed by atoms with Crippen LogP contribution in [0.3, 0.4) is 0 Å². The van der Waals surface area contributed by atoms with E-state index in [1.807, 2.05) is 0 Å². The maximum absolute atomic E-state index is 5.47. The number of morpholine rings is 1. The van der Waals surface area contributed by atoms with Crippen LogP contribution in [0.4, 0.5) is 5.69 Å². The van der Waals surface area contributed by atoms with Gasteiger partial charge in [0, 0.05) is 44.5 Å². The highest BCUT2D eigenvalue weighted by Gasteiger charge is 2.29. The van der Waals surface area contributed by atoms with Crippen LogP contribution in [0, 0.1) is 0 Å². The van der Waals surface area contributed by atoms with Gasteiger partial charge in [0.2, 0.25) is 0 Å². The van der Waals surface area contributed by atoms with Crippen LogP contribution in [0.2, 0.25) is 0 Å². The molecule has 1 atom stereocenters. The molecule has 1 N–H and O–H groups in total. The Kier molecular flexibility index (Phi) is 5.12. The first-order valence-electron chi connectivity index (χ1n) is 8.24. The van der Waals surface area contributed by atoms with E-state index in [4.69, 9.17) is 4.74 Å². The molecule has 2 aliphatic rings. The van der Waals surface area contributed by atoms with Crippen molar-refractivity contribution in [2.75, 3.05) is 50.8 Å². The SMILES string of the molecule is CCNCc1ccccc1N1CCC(N2CCOCC2)C1. The van der Waals surface area contributed by atoms with Crippen molar-refractivity contribution < 1.29 is 4.74 Å². The smallest absolute Gasteiger partial charge is 0.0594 e. The Morgan fingerprint density at radius 2 is 2.00 bits per heavy atom. The van der Waals surface area contributed by atoms with E-state index in [0.29, 0.717) is 6.04 Å². The molecule has 0 spiro atoms. The molecule has 0 amide bonds. The second-order valence-corrected chi connectivity index (χ2v) is 5.95. The van der Waals surface area contributed by atoms with E-state index in [0.717, 1.165) is 45.9 Å². The zero-order valence-electron chi connectivity index (χ0n) is 13.1. The fourth-order valence-corrected chi connectivity index (χ4v) is 3.43. The van der Waals surface area contributed by atoms with Gasteiger partial charge in [0.25, 0.3) is 0 Å². The molecule has 0 aromatic heterocycles. The van der Waals surface area contributed by atoms with Crippen molar-refractivity contribution >= 4 is 5.69 Å². The average molecular weight is 289 g/mol. The second-order valence-electron chi connectivity index (χ2n) is 5.95. The van der Waals surface area contributed by atoms with E-state index in [2.05, 4.69) is 46.3 Å². The molecule has 4 heteroatoms. The van der Waals surface area contributed by atoms with Crippen LogP contribution in [-0.2, 0) is 11.3 Å². The molecule has 21 heavy (non-hydrogen) atoms. The molecule has 0 aliphatic carbocycles. The summed E-state index contributed by atoms with van der Waals surface area (Å²) in [5.41, 5.74) is 2.83. The third kappa shape index (κ3) is 3.57. The number of nitrogens with zero attached hydrogens (tertiary/aromatic N) is 2. The Labute approximate surface area is 128 Å². The molecule has 4 nitrogen and oxygen atoms in total. The van der Waals surface area contributed by atoms with Gasteiger partial charge in [-0.15, -0.1) is 0 Å². The van der Waals surface area contributed by atoms with E-state index in [1.165, 1.54) is 24.2 Å². The van der Waals surface area contributed by atoms with E-state index >= 15 is 0 Å². The predicted molar refractivity (Wildman–Crippen MR) is 86.8 cm³/mol. The van der Waals surface area contributed by atoms with E-state index in [-0.39, 0.29) is 0 Å². The van der Waals surface area contributed by atoms with Gasteiger partial charge in [-0.05, 0) is 24.6 Å². The summed E-state index contributed by atoms with van der Waals surface area (Å²) in [4.78, 5) is 5.17. The summed E-state index contributed by atoms with van der Waals surface area (Å²) in [6, 6.07) is 9.52. The number of rotatable bonds is 5. The number of para-hydroxylation sites is 1. The average Bonchev–Trinajstić information content (AvgIpc) is 3.04. The Morgan fingerprint density at radius 3 is 2.81 bits per heavy atom. The fraction of sp³-hybridized carbons (Fsp3) is 0.647. The molecule has 1 unspecified atom stereocenters. The zero-order chi connectivity index (χ0) is 14.5. The summed E-state index contributed by atoms with van der Waals surface area (Å²) in [5, 5.41) is 3.45. The Bertz CT molecular complexity index is 445. The lowest BCUT2D eigenvalue weighted by Crippen LogP contribution is -2.44. The number of benzene rings is 1. The first kappa shape index (κ1) is 14.8. The summed E-state index contributed by atoms with van der Waals surface area (Å²) in [6.45, 7) is 10.5. The van der Waals surface area contributed by atoms with E-state index < -0.39 is 0 Å². The number of nitrogens with one attached hydrogen (secondary N) is 1. The van der Waals surface area contributed by atoms with Gasteiger partial charge in [-0.25, -0.2) is 0 Å². The standard InChI is InChI=1S/C17H27N3O/c1-2-18-13-15-5-3-4-6-17(15)20-8-7-16(14-20)19-9-11-21-12-10-19/h3-6,16,18H,2,7-14H2,1H3. The lowest BCUT2D eigenvalue weighted by atomic mass is 10.1. The highest BCUT2D eigenvalue weighted by molar-refractivity contribution is 5.54. The third-order valence-corrected chi connectivity index (χ3v) is 4.62. The lowest BCUT2D eigenvalue weighted by molar-refractivity contribution is 0.0209. The molecular formula is C17H27N3O. The monoisotopic (exact) mass is 289 g/mol. The van der Waals surface area contributed by atoms with Crippen molar-refractivity contribution in [2.24, 2.45) is 0 Å². The van der Waals surface area contributed by atoms with Crippen LogP contribution in [0.5, 0.6) is 0 Å². The van der Waals surface area contributed by atoms with Crippen molar-refractivity contribution in [1.82, 2.24) is 10.2 Å². The maximum atomic E-state index is 5.47. The fourth-order valence-electron chi connectivity index (χ4n) is 3.43. The van der Waals surface area contributed by atoms with Crippen LogP contribution >= 0.6 is 0 Å². The van der Waals surface area contributed by atoms with Crippen LogP contribution in [0.15, 0.2) is 24.3 Å². The first-order valence-corrected chi connectivity index (χ1v) is 8.24. The minimum atomic E-state index is 0.695. The Hall–Kier alpha value is -1.10. The number of anilines is 1. The highest BCUT2D eigenvalue weighted by Crippen LogP contribution is 2.26. The minimum Gasteiger partial charge on any atom is -0.379 e. The molecule has 1 aromatic carbocycles. The molecule has 2 fully saturated rings. The quantitative estimate of drug-likeness (QED) is 0.893. The first-order chi connectivity index (χ1) is 10.4. The van der Waals surface area contributed by atoms with Crippen molar-refractivity contribution in [3.05, 3.63) is 29.8 Å². The van der Waals surface area contributed by atoms with Crippen molar-refractivity contribution in [1.29, 1.82) is 0 Å².